The van der Waals surface area contributed by atoms with Crippen molar-refractivity contribution in [3.63, 3.8) is 0 Å². The van der Waals surface area contributed by atoms with Gasteiger partial charge in [0.1, 0.15) is 5.69 Å². The van der Waals surface area contributed by atoms with Crippen molar-refractivity contribution < 1.29 is 13.6 Å². The molecule has 0 aromatic carbocycles. The number of halogens is 2. The summed E-state index contributed by atoms with van der Waals surface area (Å²) in [4.78, 5) is 17.5. The van der Waals surface area contributed by atoms with Crippen molar-refractivity contribution in [3.8, 4) is 0 Å². The normalized spacial score (nSPS) is 15.1. The number of aromatic nitrogens is 1. The fourth-order valence-corrected chi connectivity index (χ4v) is 2.52. The Morgan fingerprint density at radius 1 is 1.61 bits per heavy atom. The van der Waals surface area contributed by atoms with E-state index in [1.807, 2.05) is 0 Å². The Morgan fingerprint density at radius 2 is 2.33 bits per heavy atom. The molecule has 1 saturated carbocycles. The minimum atomic E-state index is -2.50. The molecule has 0 spiro atoms. The van der Waals surface area contributed by atoms with Crippen molar-refractivity contribution in [2.45, 2.75) is 31.7 Å². The van der Waals surface area contributed by atoms with Crippen LogP contribution in [0.15, 0.2) is 5.38 Å². The fourth-order valence-electron chi connectivity index (χ4n) is 1.73. The second-order valence-electron chi connectivity index (χ2n) is 4.24. The lowest BCUT2D eigenvalue weighted by molar-refractivity contribution is 0.0530. The highest BCUT2D eigenvalue weighted by atomic mass is 32.1. The topological polar surface area (TPSA) is 59.2 Å². The molecule has 2 N–H and O–H groups in total. The minimum Gasteiger partial charge on any atom is -0.330 e. The zero-order valence-corrected chi connectivity index (χ0v) is 10.6. The minimum absolute atomic E-state index is 0.0360. The van der Waals surface area contributed by atoms with Crippen LogP contribution in [0.5, 0.6) is 0 Å². The van der Waals surface area contributed by atoms with Gasteiger partial charge in [-0.25, -0.2) is 13.8 Å². The number of hydrogen-bond acceptors (Lipinski definition) is 4. The Labute approximate surface area is 108 Å². The predicted molar refractivity (Wildman–Crippen MR) is 64.9 cm³/mol. The van der Waals surface area contributed by atoms with Crippen LogP contribution >= 0.6 is 11.3 Å². The molecular formula is C11H15F2N3OS. The van der Waals surface area contributed by atoms with Gasteiger partial charge in [-0.15, -0.1) is 11.3 Å². The average Bonchev–Trinajstić information content (AvgIpc) is 3.06. The van der Waals surface area contributed by atoms with E-state index < -0.39 is 18.9 Å². The summed E-state index contributed by atoms with van der Waals surface area (Å²) in [5.41, 5.74) is 5.66. The molecule has 0 atom stereocenters. The summed E-state index contributed by atoms with van der Waals surface area (Å²) in [5.74, 6) is -0.391. The summed E-state index contributed by atoms with van der Waals surface area (Å²) in [6.07, 6.45) is -0.288. The number of rotatable bonds is 6. The number of hydrogen-bond donors (Lipinski definition) is 1. The van der Waals surface area contributed by atoms with Crippen LogP contribution in [0.1, 0.15) is 28.3 Å². The molecule has 1 aliphatic rings. The third kappa shape index (κ3) is 3.23. The largest absolute Gasteiger partial charge is 0.330 e. The Bertz CT molecular complexity index is 420. The molecule has 4 nitrogen and oxygen atoms in total. The average molecular weight is 275 g/mol. The number of alkyl halides is 2. The van der Waals surface area contributed by atoms with Gasteiger partial charge < -0.3 is 10.6 Å². The maximum absolute atomic E-state index is 12.4. The van der Waals surface area contributed by atoms with E-state index in [9.17, 15) is 13.6 Å². The first-order chi connectivity index (χ1) is 8.61. The second kappa shape index (κ2) is 5.71. The third-order valence-corrected chi connectivity index (χ3v) is 3.62. The third-order valence-electron chi connectivity index (χ3n) is 2.71. The first kappa shape index (κ1) is 13.4. The van der Waals surface area contributed by atoms with Crippen molar-refractivity contribution in [2.75, 3.05) is 13.1 Å². The van der Waals surface area contributed by atoms with E-state index in [2.05, 4.69) is 4.98 Å². The zero-order chi connectivity index (χ0) is 13.1. The van der Waals surface area contributed by atoms with Gasteiger partial charge in [-0.2, -0.15) is 0 Å². The number of nitrogens with two attached hydrogens (primary N) is 1. The van der Waals surface area contributed by atoms with Crippen molar-refractivity contribution in [1.29, 1.82) is 0 Å². The van der Waals surface area contributed by atoms with Gasteiger partial charge in [0.05, 0.1) is 11.6 Å². The molecule has 0 unspecified atom stereocenters. The van der Waals surface area contributed by atoms with Crippen molar-refractivity contribution in [1.82, 2.24) is 9.88 Å². The molecule has 1 aromatic heterocycles. The lowest BCUT2D eigenvalue weighted by Gasteiger charge is -2.20. The maximum atomic E-state index is 12.4. The summed E-state index contributed by atoms with van der Waals surface area (Å²) in [6, 6.07) is -0.0360. The quantitative estimate of drug-likeness (QED) is 0.856. The molecule has 1 aliphatic carbocycles. The molecule has 1 fully saturated rings. The number of nitrogens with zero attached hydrogens (tertiary/aromatic N) is 2. The Hall–Kier alpha value is -1.08. The molecule has 0 saturated heterocycles. The lowest BCUT2D eigenvalue weighted by Crippen LogP contribution is -2.37. The van der Waals surface area contributed by atoms with Crippen LogP contribution in [0.3, 0.4) is 0 Å². The van der Waals surface area contributed by atoms with E-state index >= 15 is 0 Å². The Balaban J connectivity index is 2.06. The van der Waals surface area contributed by atoms with Gasteiger partial charge in [0.2, 0.25) is 0 Å². The SMILES string of the molecule is NCCc1nc(C(=O)N(CC(F)F)C2CC2)cs1. The monoisotopic (exact) mass is 275 g/mol. The van der Waals surface area contributed by atoms with E-state index in [0.717, 1.165) is 17.8 Å². The highest BCUT2D eigenvalue weighted by molar-refractivity contribution is 7.09. The summed E-state index contributed by atoms with van der Waals surface area (Å²) < 4.78 is 24.9. The molecule has 2 rings (SSSR count). The van der Waals surface area contributed by atoms with Gasteiger partial charge in [-0.3, -0.25) is 4.79 Å². The lowest BCUT2D eigenvalue weighted by atomic mass is 10.3. The highest BCUT2D eigenvalue weighted by Crippen LogP contribution is 2.29. The van der Waals surface area contributed by atoms with E-state index in [-0.39, 0.29) is 11.7 Å². The first-order valence-corrected chi connectivity index (χ1v) is 6.73. The summed E-state index contributed by atoms with van der Waals surface area (Å²) in [5, 5.41) is 2.39. The zero-order valence-electron chi connectivity index (χ0n) is 9.81. The van der Waals surface area contributed by atoms with Crippen LogP contribution < -0.4 is 5.73 Å². The number of thiazole rings is 1. The van der Waals surface area contributed by atoms with Crippen molar-refractivity contribution >= 4 is 17.2 Å². The van der Waals surface area contributed by atoms with Gasteiger partial charge in [-0.05, 0) is 19.4 Å². The predicted octanol–water partition coefficient (Wildman–Crippen LogP) is 1.51. The second-order valence-corrected chi connectivity index (χ2v) is 5.19. The molecule has 0 bridgehead atoms. The van der Waals surface area contributed by atoms with Gasteiger partial charge in [0.15, 0.2) is 0 Å². The van der Waals surface area contributed by atoms with Crippen molar-refractivity contribution in [2.24, 2.45) is 5.73 Å². The van der Waals surface area contributed by atoms with Crippen LogP contribution in [0.2, 0.25) is 0 Å². The smallest absolute Gasteiger partial charge is 0.273 e. The van der Waals surface area contributed by atoms with E-state index in [4.69, 9.17) is 5.73 Å². The summed E-state index contributed by atoms with van der Waals surface area (Å²) >= 11 is 1.34. The fraction of sp³-hybridized carbons (Fsp3) is 0.636. The molecule has 1 amide bonds. The van der Waals surface area contributed by atoms with Crippen LogP contribution in [0, 0.1) is 0 Å². The first-order valence-electron chi connectivity index (χ1n) is 5.85. The molecule has 18 heavy (non-hydrogen) atoms. The van der Waals surface area contributed by atoms with Crippen LogP contribution in [-0.2, 0) is 6.42 Å². The molecule has 1 heterocycles. The Morgan fingerprint density at radius 3 is 2.89 bits per heavy atom. The number of carbonyl (C=O) groups excluding carboxylic acids is 1. The van der Waals surface area contributed by atoms with Crippen molar-refractivity contribution in [3.05, 3.63) is 16.1 Å². The maximum Gasteiger partial charge on any atom is 0.273 e. The van der Waals surface area contributed by atoms with Gasteiger partial charge in [0, 0.05) is 17.8 Å². The van der Waals surface area contributed by atoms with Crippen LogP contribution in [-0.4, -0.2) is 41.3 Å². The standard InChI is InChI=1S/C11H15F2N3OS/c12-9(13)5-16(7-1-2-7)11(17)8-6-18-10(15-8)3-4-14/h6-7,9H,1-5,14H2. The van der Waals surface area contributed by atoms with E-state index in [0.29, 0.717) is 13.0 Å². The molecule has 100 valence electrons. The molecular weight excluding hydrogens is 260 g/mol. The van der Waals surface area contributed by atoms with E-state index in [1.54, 1.807) is 5.38 Å². The van der Waals surface area contributed by atoms with Crippen LogP contribution in [0.25, 0.3) is 0 Å². The molecule has 1 aromatic rings. The van der Waals surface area contributed by atoms with Gasteiger partial charge >= 0.3 is 0 Å². The molecule has 7 heteroatoms. The van der Waals surface area contributed by atoms with Crippen LogP contribution in [0.4, 0.5) is 8.78 Å². The van der Waals surface area contributed by atoms with Gasteiger partial charge in [0.25, 0.3) is 12.3 Å². The van der Waals surface area contributed by atoms with Gasteiger partial charge in [-0.1, -0.05) is 0 Å². The number of carbonyl (C=O) groups is 1. The summed E-state index contributed by atoms with van der Waals surface area (Å²) in [6.45, 7) is -0.0439. The summed E-state index contributed by atoms with van der Waals surface area (Å²) in [7, 11) is 0. The highest BCUT2D eigenvalue weighted by Gasteiger charge is 2.35. The Kier molecular flexibility index (Phi) is 4.23. The molecule has 0 aliphatic heterocycles. The number of amides is 1. The molecule has 0 radical (unpaired) electrons. The van der Waals surface area contributed by atoms with E-state index in [1.165, 1.54) is 16.2 Å².